The molecule has 2 aromatic carbocycles. The van der Waals surface area contributed by atoms with Gasteiger partial charge in [-0.2, -0.15) is 13.2 Å². The van der Waals surface area contributed by atoms with Gasteiger partial charge in [0.2, 0.25) is 0 Å². The van der Waals surface area contributed by atoms with Crippen molar-refractivity contribution >= 4 is 5.96 Å². The van der Waals surface area contributed by atoms with Gasteiger partial charge in [0.05, 0.1) is 12.1 Å². The summed E-state index contributed by atoms with van der Waals surface area (Å²) in [4.78, 5) is 15.9. The largest absolute Gasteiger partial charge is 0.416 e. The lowest BCUT2D eigenvalue weighted by Crippen LogP contribution is -2.36. The molecule has 0 amide bonds. The summed E-state index contributed by atoms with van der Waals surface area (Å²) >= 11 is 0. The first-order valence-corrected chi connectivity index (χ1v) is 9.69. The van der Waals surface area contributed by atoms with E-state index in [9.17, 15) is 18.0 Å². The van der Waals surface area contributed by atoms with E-state index in [1.54, 1.807) is 29.9 Å². The Bertz CT molecular complexity index is 1090. The second-order valence-electron chi connectivity index (χ2n) is 6.96. The molecule has 3 aromatic rings. The van der Waals surface area contributed by atoms with E-state index in [2.05, 4.69) is 15.6 Å². The maximum Gasteiger partial charge on any atom is 0.416 e. The van der Waals surface area contributed by atoms with Crippen molar-refractivity contribution in [3.05, 3.63) is 106 Å². The highest BCUT2D eigenvalue weighted by Crippen LogP contribution is 2.29. The summed E-state index contributed by atoms with van der Waals surface area (Å²) in [5, 5.41) is 6.16. The molecular formula is C23H23F3N4O. The van der Waals surface area contributed by atoms with Gasteiger partial charge >= 0.3 is 6.18 Å². The maximum absolute atomic E-state index is 12.8. The van der Waals surface area contributed by atoms with Crippen molar-refractivity contribution in [1.29, 1.82) is 0 Å². The predicted octanol–water partition coefficient (Wildman–Crippen LogP) is 3.78. The van der Waals surface area contributed by atoms with Gasteiger partial charge in [0.1, 0.15) is 0 Å². The molecule has 0 aliphatic carbocycles. The van der Waals surface area contributed by atoms with Crippen LogP contribution < -0.4 is 16.2 Å². The Kier molecular flexibility index (Phi) is 7.12. The van der Waals surface area contributed by atoms with Gasteiger partial charge in [-0.3, -0.25) is 9.79 Å². The minimum atomic E-state index is -4.36. The summed E-state index contributed by atoms with van der Waals surface area (Å²) in [6.07, 6.45) is -2.62. The number of pyridine rings is 1. The number of rotatable bonds is 6. The SMILES string of the molecule is CN=C(NCc1ccc(Cn2ccccc2=O)cc1)NCc1cccc(C(F)(F)F)c1. The smallest absolute Gasteiger partial charge is 0.352 e. The van der Waals surface area contributed by atoms with Crippen LogP contribution in [0, 0.1) is 0 Å². The third-order valence-corrected chi connectivity index (χ3v) is 4.67. The molecule has 1 aromatic heterocycles. The number of nitrogens with zero attached hydrogens (tertiary/aromatic N) is 2. The van der Waals surface area contributed by atoms with Crippen molar-refractivity contribution in [3.63, 3.8) is 0 Å². The van der Waals surface area contributed by atoms with E-state index in [1.165, 1.54) is 12.1 Å². The average molecular weight is 428 g/mol. The number of hydrogen-bond acceptors (Lipinski definition) is 2. The second-order valence-corrected chi connectivity index (χ2v) is 6.96. The summed E-state index contributed by atoms with van der Waals surface area (Å²) in [7, 11) is 1.60. The lowest BCUT2D eigenvalue weighted by Gasteiger charge is -2.13. The number of nitrogens with one attached hydrogen (secondary N) is 2. The molecule has 0 atom stereocenters. The van der Waals surface area contributed by atoms with E-state index < -0.39 is 11.7 Å². The summed E-state index contributed by atoms with van der Waals surface area (Å²) < 4.78 is 40.1. The fourth-order valence-electron chi connectivity index (χ4n) is 3.00. The van der Waals surface area contributed by atoms with E-state index in [0.29, 0.717) is 24.6 Å². The van der Waals surface area contributed by atoms with Crippen LogP contribution in [0.5, 0.6) is 0 Å². The zero-order chi connectivity index (χ0) is 22.3. The van der Waals surface area contributed by atoms with Gasteiger partial charge in [-0.05, 0) is 34.9 Å². The fraction of sp³-hybridized carbons (Fsp3) is 0.217. The molecule has 1 heterocycles. The molecule has 0 aliphatic heterocycles. The molecule has 0 bridgehead atoms. The predicted molar refractivity (Wildman–Crippen MR) is 115 cm³/mol. The minimum Gasteiger partial charge on any atom is -0.352 e. The first-order valence-electron chi connectivity index (χ1n) is 9.69. The van der Waals surface area contributed by atoms with Crippen molar-refractivity contribution in [1.82, 2.24) is 15.2 Å². The molecule has 3 rings (SSSR count). The maximum atomic E-state index is 12.8. The Labute approximate surface area is 178 Å². The normalized spacial score (nSPS) is 11.9. The van der Waals surface area contributed by atoms with Crippen LogP contribution >= 0.6 is 0 Å². The molecule has 0 radical (unpaired) electrons. The number of aliphatic imine (C=N–C) groups is 1. The van der Waals surface area contributed by atoms with Crippen LogP contribution in [0.4, 0.5) is 13.2 Å². The van der Waals surface area contributed by atoms with E-state index in [1.807, 2.05) is 30.3 Å². The molecule has 0 saturated heterocycles. The number of hydrogen-bond donors (Lipinski definition) is 2. The molecule has 0 spiro atoms. The highest BCUT2D eigenvalue weighted by atomic mass is 19.4. The van der Waals surface area contributed by atoms with Crippen LogP contribution in [0.3, 0.4) is 0 Å². The molecule has 162 valence electrons. The Hall–Kier alpha value is -3.55. The summed E-state index contributed by atoms with van der Waals surface area (Å²) in [6.45, 7) is 1.20. The van der Waals surface area contributed by atoms with Crippen molar-refractivity contribution in [2.24, 2.45) is 4.99 Å². The minimum absolute atomic E-state index is 0.0520. The number of guanidine groups is 1. The first-order chi connectivity index (χ1) is 14.8. The Morgan fingerprint density at radius 2 is 1.58 bits per heavy atom. The summed E-state index contributed by atoms with van der Waals surface area (Å²) in [5.41, 5.74) is 1.80. The second kappa shape index (κ2) is 9.97. The van der Waals surface area contributed by atoms with Crippen LogP contribution in [-0.4, -0.2) is 17.6 Å². The van der Waals surface area contributed by atoms with E-state index >= 15 is 0 Å². The third-order valence-electron chi connectivity index (χ3n) is 4.67. The quantitative estimate of drug-likeness (QED) is 0.464. The molecule has 31 heavy (non-hydrogen) atoms. The van der Waals surface area contributed by atoms with Gasteiger partial charge in [0, 0.05) is 32.4 Å². The van der Waals surface area contributed by atoms with Gasteiger partial charge in [-0.1, -0.05) is 42.5 Å². The van der Waals surface area contributed by atoms with Crippen molar-refractivity contribution in [2.45, 2.75) is 25.8 Å². The van der Waals surface area contributed by atoms with Crippen molar-refractivity contribution in [2.75, 3.05) is 7.05 Å². The molecule has 8 heteroatoms. The Morgan fingerprint density at radius 1 is 0.903 bits per heavy atom. The summed E-state index contributed by atoms with van der Waals surface area (Å²) in [6, 6.07) is 18.1. The van der Waals surface area contributed by atoms with Crippen LogP contribution in [0.15, 0.2) is 82.7 Å². The van der Waals surface area contributed by atoms with Gasteiger partial charge < -0.3 is 15.2 Å². The molecule has 0 unspecified atom stereocenters. The van der Waals surface area contributed by atoms with E-state index in [4.69, 9.17) is 0 Å². The van der Waals surface area contributed by atoms with Crippen molar-refractivity contribution < 1.29 is 13.2 Å². The fourth-order valence-corrected chi connectivity index (χ4v) is 3.00. The van der Waals surface area contributed by atoms with E-state index in [0.717, 1.165) is 23.3 Å². The molecule has 0 saturated carbocycles. The van der Waals surface area contributed by atoms with Gasteiger partial charge in [0.25, 0.3) is 5.56 Å². The molecular weight excluding hydrogens is 405 g/mol. The zero-order valence-corrected chi connectivity index (χ0v) is 17.0. The van der Waals surface area contributed by atoms with Gasteiger partial charge in [-0.15, -0.1) is 0 Å². The lowest BCUT2D eigenvalue weighted by molar-refractivity contribution is -0.137. The standard InChI is InChI=1S/C23H23F3N4O/c1-27-22(29-15-19-5-4-6-20(13-19)23(24,25)26)28-14-17-8-10-18(11-9-17)16-30-12-3-2-7-21(30)31/h2-13H,14-16H2,1H3,(H2,27,28,29). The molecule has 0 aliphatic rings. The zero-order valence-electron chi connectivity index (χ0n) is 17.0. The molecule has 5 nitrogen and oxygen atoms in total. The number of benzene rings is 2. The average Bonchev–Trinajstić information content (AvgIpc) is 2.76. The van der Waals surface area contributed by atoms with Gasteiger partial charge in [-0.25, -0.2) is 0 Å². The monoisotopic (exact) mass is 428 g/mol. The van der Waals surface area contributed by atoms with Gasteiger partial charge in [0.15, 0.2) is 5.96 Å². The van der Waals surface area contributed by atoms with Crippen LogP contribution in [0.25, 0.3) is 0 Å². The highest BCUT2D eigenvalue weighted by Gasteiger charge is 2.30. The van der Waals surface area contributed by atoms with Crippen LogP contribution in [0.2, 0.25) is 0 Å². The van der Waals surface area contributed by atoms with Crippen LogP contribution in [0.1, 0.15) is 22.3 Å². The third kappa shape index (κ3) is 6.47. The first kappa shape index (κ1) is 22.1. The van der Waals surface area contributed by atoms with Crippen LogP contribution in [-0.2, 0) is 25.8 Å². The topological polar surface area (TPSA) is 58.4 Å². The summed E-state index contributed by atoms with van der Waals surface area (Å²) in [5.74, 6) is 0.484. The molecule has 2 N–H and O–H groups in total. The lowest BCUT2D eigenvalue weighted by atomic mass is 10.1. The number of alkyl halides is 3. The van der Waals surface area contributed by atoms with E-state index in [-0.39, 0.29) is 12.1 Å². The van der Waals surface area contributed by atoms with Crippen molar-refractivity contribution in [3.8, 4) is 0 Å². The number of aromatic nitrogens is 1. The number of halogens is 3. The Morgan fingerprint density at radius 3 is 2.23 bits per heavy atom. The Balaban J connectivity index is 1.53. The molecule has 0 fully saturated rings. The highest BCUT2D eigenvalue weighted by molar-refractivity contribution is 5.79.